The van der Waals surface area contributed by atoms with Crippen molar-refractivity contribution in [2.75, 3.05) is 24.4 Å². The molecule has 6 nitrogen and oxygen atoms in total. The van der Waals surface area contributed by atoms with Gasteiger partial charge in [-0.2, -0.15) is 11.8 Å². The van der Waals surface area contributed by atoms with E-state index in [0.29, 0.717) is 23.6 Å². The third-order valence-corrected chi connectivity index (χ3v) is 4.39. The Balaban J connectivity index is 2.13. The van der Waals surface area contributed by atoms with Crippen molar-refractivity contribution in [3.8, 4) is 5.75 Å². The standard InChI is InChI=1S/C19H23N3O3S/c1-13-8-10-20-17(12-13)22-19(24)15(9-11-26-3)21-18(23)14-6-4-5-7-16(14)25-2/h4-8,10,12,15H,9,11H2,1-3H3,(H,21,23)(H,20,22,24). The smallest absolute Gasteiger partial charge is 0.255 e. The number of carbonyl (C=O) groups excluding carboxylic acids is 2. The fraction of sp³-hybridized carbons (Fsp3) is 0.316. The van der Waals surface area contributed by atoms with E-state index in [9.17, 15) is 9.59 Å². The normalized spacial score (nSPS) is 11.5. The van der Waals surface area contributed by atoms with E-state index in [1.807, 2.05) is 19.2 Å². The van der Waals surface area contributed by atoms with Gasteiger partial charge in [0.2, 0.25) is 5.91 Å². The number of hydrogen-bond donors (Lipinski definition) is 2. The molecule has 2 aromatic rings. The number of carbonyl (C=O) groups is 2. The van der Waals surface area contributed by atoms with E-state index >= 15 is 0 Å². The number of benzene rings is 1. The number of rotatable bonds is 8. The second-order valence-electron chi connectivity index (χ2n) is 5.72. The van der Waals surface area contributed by atoms with Gasteiger partial charge in [-0.1, -0.05) is 12.1 Å². The quantitative estimate of drug-likeness (QED) is 0.744. The van der Waals surface area contributed by atoms with Gasteiger partial charge in [0.05, 0.1) is 12.7 Å². The topological polar surface area (TPSA) is 80.3 Å². The van der Waals surface area contributed by atoms with Crippen molar-refractivity contribution in [1.29, 1.82) is 0 Å². The molecular weight excluding hydrogens is 350 g/mol. The highest BCUT2D eigenvalue weighted by atomic mass is 32.2. The maximum atomic E-state index is 12.6. The largest absolute Gasteiger partial charge is 0.496 e. The summed E-state index contributed by atoms with van der Waals surface area (Å²) in [5, 5.41) is 5.58. The van der Waals surface area contributed by atoms with Crippen molar-refractivity contribution in [1.82, 2.24) is 10.3 Å². The van der Waals surface area contributed by atoms with Crippen LogP contribution < -0.4 is 15.4 Å². The van der Waals surface area contributed by atoms with Crippen LogP contribution in [-0.4, -0.2) is 42.0 Å². The molecule has 1 unspecified atom stereocenters. The fourth-order valence-electron chi connectivity index (χ4n) is 2.39. The maximum Gasteiger partial charge on any atom is 0.255 e. The molecule has 0 bridgehead atoms. The Morgan fingerprint density at radius 3 is 2.73 bits per heavy atom. The van der Waals surface area contributed by atoms with Crippen LogP contribution in [0.15, 0.2) is 42.6 Å². The summed E-state index contributed by atoms with van der Waals surface area (Å²) in [6.07, 6.45) is 4.11. The molecule has 0 aliphatic carbocycles. The van der Waals surface area contributed by atoms with Crippen LogP contribution in [0.25, 0.3) is 0 Å². The van der Waals surface area contributed by atoms with Gasteiger partial charge in [-0.3, -0.25) is 9.59 Å². The number of amides is 2. The molecule has 0 fully saturated rings. The van der Waals surface area contributed by atoms with E-state index in [2.05, 4.69) is 15.6 Å². The Labute approximate surface area is 157 Å². The Bertz CT molecular complexity index is 767. The van der Waals surface area contributed by atoms with Crippen molar-refractivity contribution < 1.29 is 14.3 Å². The van der Waals surface area contributed by atoms with Crippen molar-refractivity contribution in [2.24, 2.45) is 0 Å². The van der Waals surface area contributed by atoms with Gasteiger partial charge in [-0.05, 0) is 55.2 Å². The number of para-hydroxylation sites is 1. The SMILES string of the molecule is COc1ccccc1C(=O)NC(CCSC)C(=O)Nc1cc(C)ccn1. The lowest BCUT2D eigenvalue weighted by molar-refractivity contribution is -0.118. The lowest BCUT2D eigenvalue weighted by Gasteiger charge is -2.19. The third-order valence-electron chi connectivity index (χ3n) is 3.75. The van der Waals surface area contributed by atoms with E-state index in [-0.39, 0.29) is 11.8 Å². The third kappa shape index (κ3) is 5.49. The number of aromatic nitrogens is 1. The molecule has 0 spiro atoms. The number of hydrogen-bond acceptors (Lipinski definition) is 5. The molecule has 2 N–H and O–H groups in total. The van der Waals surface area contributed by atoms with Crippen molar-refractivity contribution >= 4 is 29.4 Å². The summed E-state index contributed by atoms with van der Waals surface area (Å²) in [7, 11) is 1.51. The predicted octanol–water partition coefficient (Wildman–Crippen LogP) is 2.89. The first-order chi connectivity index (χ1) is 12.5. The Morgan fingerprint density at radius 2 is 2.04 bits per heavy atom. The van der Waals surface area contributed by atoms with Crippen LogP contribution in [0, 0.1) is 6.92 Å². The van der Waals surface area contributed by atoms with Crippen LogP contribution in [0.5, 0.6) is 5.75 Å². The van der Waals surface area contributed by atoms with Crippen LogP contribution in [0.1, 0.15) is 22.3 Å². The first-order valence-electron chi connectivity index (χ1n) is 8.21. The zero-order chi connectivity index (χ0) is 18.9. The minimum Gasteiger partial charge on any atom is -0.496 e. The fourth-order valence-corrected chi connectivity index (χ4v) is 2.86. The highest BCUT2D eigenvalue weighted by molar-refractivity contribution is 7.98. The Kier molecular flexibility index (Phi) is 7.47. The highest BCUT2D eigenvalue weighted by Crippen LogP contribution is 2.17. The lowest BCUT2D eigenvalue weighted by Crippen LogP contribution is -2.44. The summed E-state index contributed by atoms with van der Waals surface area (Å²) in [5.74, 6) is 1.04. The second kappa shape index (κ2) is 9.82. The zero-order valence-electron chi connectivity index (χ0n) is 15.1. The summed E-state index contributed by atoms with van der Waals surface area (Å²) in [6, 6.07) is 9.89. The molecule has 138 valence electrons. The first kappa shape index (κ1) is 19.8. The van der Waals surface area contributed by atoms with Gasteiger partial charge >= 0.3 is 0 Å². The van der Waals surface area contributed by atoms with E-state index in [0.717, 1.165) is 11.3 Å². The number of thioether (sulfide) groups is 1. The molecule has 1 aromatic heterocycles. The molecule has 2 rings (SSSR count). The lowest BCUT2D eigenvalue weighted by atomic mass is 10.1. The number of nitrogens with zero attached hydrogens (tertiary/aromatic N) is 1. The Morgan fingerprint density at radius 1 is 1.27 bits per heavy atom. The molecule has 1 atom stereocenters. The van der Waals surface area contributed by atoms with Crippen LogP contribution in [0.2, 0.25) is 0 Å². The van der Waals surface area contributed by atoms with E-state index < -0.39 is 6.04 Å². The van der Waals surface area contributed by atoms with Crippen LogP contribution in [0.3, 0.4) is 0 Å². The zero-order valence-corrected chi connectivity index (χ0v) is 15.9. The van der Waals surface area contributed by atoms with Gasteiger partial charge in [0.15, 0.2) is 0 Å². The van der Waals surface area contributed by atoms with Gasteiger partial charge in [0.25, 0.3) is 5.91 Å². The molecule has 0 aliphatic rings. The second-order valence-corrected chi connectivity index (χ2v) is 6.70. The van der Waals surface area contributed by atoms with Crippen molar-refractivity contribution in [3.05, 3.63) is 53.7 Å². The van der Waals surface area contributed by atoms with Gasteiger partial charge in [-0.25, -0.2) is 4.98 Å². The average Bonchev–Trinajstić information content (AvgIpc) is 2.64. The molecule has 2 amide bonds. The summed E-state index contributed by atoms with van der Waals surface area (Å²) in [5.41, 5.74) is 1.39. The summed E-state index contributed by atoms with van der Waals surface area (Å²) in [4.78, 5) is 29.4. The van der Waals surface area contributed by atoms with E-state index in [1.165, 1.54) is 7.11 Å². The van der Waals surface area contributed by atoms with Crippen LogP contribution in [-0.2, 0) is 4.79 Å². The number of anilines is 1. The molecule has 1 aromatic carbocycles. The molecule has 0 radical (unpaired) electrons. The van der Waals surface area contributed by atoms with Gasteiger partial charge < -0.3 is 15.4 Å². The number of pyridine rings is 1. The minimum atomic E-state index is -0.665. The van der Waals surface area contributed by atoms with Crippen molar-refractivity contribution in [2.45, 2.75) is 19.4 Å². The number of methoxy groups -OCH3 is 1. The Hall–Kier alpha value is -2.54. The molecular formula is C19H23N3O3S. The molecule has 0 saturated carbocycles. The van der Waals surface area contributed by atoms with E-state index in [4.69, 9.17) is 4.74 Å². The molecule has 26 heavy (non-hydrogen) atoms. The average molecular weight is 373 g/mol. The molecule has 0 aliphatic heterocycles. The summed E-state index contributed by atoms with van der Waals surface area (Å²) >= 11 is 1.62. The van der Waals surface area contributed by atoms with E-state index in [1.54, 1.807) is 48.3 Å². The van der Waals surface area contributed by atoms with Crippen LogP contribution in [0.4, 0.5) is 5.82 Å². The van der Waals surface area contributed by atoms with Gasteiger partial charge in [-0.15, -0.1) is 0 Å². The van der Waals surface area contributed by atoms with Gasteiger partial charge in [0, 0.05) is 6.20 Å². The monoisotopic (exact) mass is 373 g/mol. The number of nitrogens with one attached hydrogen (secondary N) is 2. The molecule has 7 heteroatoms. The van der Waals surface area contributed by atoms with Crippen LogP contribution >= 0.6 is 11.8 Å². The first-order valence-corrected chi connectivity index (χ1v) is 9.61. The highest BCUT2D eigenvalue weighted by Gasteiger charge is 2.23. The maximum absolute atomic E-state index is 12.6. The molecule has 0 saturated heterocycles. The number of ether oxygens (including phenoxy) is 1. The number of aryl methyl sites for hydroxylation is 1. The molecule has 1 heterocycles. The summed E-state index contributed by atoms with van der Waals surface area (Å²) in [6.45, 7) is 1.92. The predicted molar refractivity (Wildman–Crippen MR) is 105 cm³/mol. The van der Waals surface area contributed by atoms with Crippen molar-refractivity contribution in [3.63, 3.8) is 0 Å². The summed E-state index contributed by atoms with van der Waals surface area (Å²) < 4.78 is 5.22. The van der Waals surface area contributed by atoms with Gasteiger partial charge in [0.1, 0.15) is 17.6 Å². The minimum absolute atomic E-state index is 0.291.